The predicted octanol–water partition coefficient (Wildman–Crippen LogP) is 19.5. The molecular formula is C69H121N2O7P. The topological polar surface area (TPSA) is 114 Å². The molecule has 0 fully saturated rings. The van der Waals surface area contributed by atoms with Gasteiger partial charge in [0.05, 0.1) is 33.8 Å². The van der Waals surface area contributed by atoms with Crippen LogP contribution in [0.2, 0.25) is 0 Å². The van der Waals surface area contributed by atoms with E-state index in [1.54, 1.807) is 0 Å². The first-order valence-corrected chi connectivity index (χ1v) is 33.7. The molecule has 0 rings (SSSR count). The van der Waals surface area contributed by atoms with Gasteiger partial charge in [0.1, 0.15) is 19.3 Å². The van der Waals surface area contributed by atoms with Gasteiger partial charge in [-0.1, -0.05) is 240 Å². The minimum absolute atomic E-state index is 0.0375. The van der Waals surface area contributed by atoms with E-state index >= 15 is 0 Å². The Balaban J connectivity index is 5.37. The first-order chi connectivity index (χ1) is 38.4. The maximum Gasteiger partial charge on any atom is 0.306 e. The van der Waals surface area contributed by atoms with Gasteiger partial charge in [-0.2, -0.15) is 0 Å². The van der Waals surface area contributed by atoms with Gasteiger partial charge < -0.3 is 28.5 Å². The summed E-state index contributed by atoms with van der Waals surface area (Å²) in [6, 6.07) is -0.921. The molecule has 0 heterocycles. The van der Waals surface area contributed by atoms with Gasteiger partial charge in [0.15, 0.2) is 0 Å². The van der Waals surface area contributed by atoms with Gasteiger partial charge >= 0.3 is 5.97 Å². The summed E-state index contributed by atoms with van der Waals surface area (Å²) < 4.78 is 30.3. The van der Waals surface area contributed by atoms with Crippen LogP contribution in [0.1, 0.15) is 265 Å². The molecule has 3 unspecified atom stereocenters. The average Bonchev–Trinajstić information content (AvgIpc) is 3.41. The molecule has 0 spiro atoms. The number of rotatable bonds is 57. The van der Waals surface area contributed by atoms with Crippen molar-refractivity contribution >= 4 is 19.7 Å². The lowest BCUT2D eigenvalue weighted by atomic mass is 10.0. The number of amides is 1. The highest BCUT2D eigenvalue weighted by Gasteiger charge is 2.27. The molecule has 0 aliphatic rings. The Morgan fingerprint density at radius 3 is 1.19 bits per heavy atom. The Morgan fingerprint density at radius 2 is 0.772 bits per heavy atom. The number of allylic oxidation sites excluding steroid dienone is 17. The number of ether oxygens (including phenoxy) is 1. The second-order valence-corrected chi connectivity index (χ2v) is 24.0. The number of nitrogens with zero attached hydrogens (tertiary/aromatic N) is 1. The molecule has 0 saturated carbocycles. The number of nitrogens with one attached hydrogen (secondary N) is 1. The van der Waals surface area contributed by atoms with Crippen molar-refractivity contribution in [2.75, 3.05) is 40.9 Å². The van der Waals surface area contributed by atoms with Crippen LogP contribution in [0.25, 0.3) is 0 Å². The van der Waals surface area contributed by atoms with Crippen LogP contribution in [0.3, 0.4) is 0 Å². The van der Waals surface area contributed by atoms with Gasteiger partial charge in [-0.15, -0.1) is 0 Å². The zero-order valence-electron chi connectivity index (χ0n) is 51.8. The number of carbonyl (C=O) groups is 2. The number of phosphoric ester groups is 1. The zero-order chi connectivity index (χ0) is 57.9. The maximum atomic E-state index is 13.5. The van der Waals surface area contributed by atoms with E-state index in [0.717, 1.165) is 109 Å². The third-order valence-corrected chi connectivity index (χ3v) is 14.6. The Bertz CT molecular complexity index is 1720. The van der Waals surface area contributed by atoms with E-state index < -0.39 is 26.6 Å². The molecule has 0 aromatic carbocycles. The monoisotopic (exact) mass is 1120 g/mol. The summed E-state index contributed by atoms with van der Waals surface area (Å²) in [5, 5.41) is 3.01. The fraction of sp³-hybridized carbons (Fsp3) is 0.710. The molecule has 0 aromatic rings. The number of esters is 1. The lowest BCUT2D eigenvalue weighted by Crippen LogP contribution is -2.47. The Hall–Kier alpha value is -3.33. The van der Waals surface area contributed by atoms with Gasteiger partial charge in [0, 0.05) is 12.8 Å². The molecule has 9 nitrogen and oxygen atoms in total. The summed E-state index contributed by atoms with van der Waals surface area (Å²) >= 11 is 0. The number of unbranched alkanes of at least 4 members (excludes halogenated alkanes) is 25. The standard InChI is InChI=1S/C69H121N2O7P/c1-7-10-13-16-19-22-25-28-30-32-34-35-37-39-41-44-47-50-53-56-59-62-69(73)78-67(60-57-54-51-48-45-42-27-24-21-18-15-12-9-3)66(65-77-79(74,75)76-64-63-71(4,5)6)70-68(72)61-58-55-52-49-46-43-40-38-36-33-31-29-26-23-20-17-14-11-8-2/h19-20,22-23,28-31,34-36,38-39,41,43,46,57,60,66-67H,7-18,21,24-27,32-33,37,40,42,44-45,47-56,58-59,61-65H2,1-6H3,(H-,70,72,74,75)/b22-19-,23-20-,30-28-,31-29-,35-34-,38-36-,41-39-,46-43-,60-57+. The number of likely N-dealkylation sites (N-methyl/N-ethyl adjacent to an activating group) is 1. The van der Waals surface area contributed by atoms with Crippen molar-refractivity contribution < 1.29 is 37.3 Å². The van der Waals surface area contributed by atoms with Crippen LogP contribution in [-0.2, 0) is 27.9 Å². The highest BCUT2D eigenvalue weighted by Crippen LogP contribution is 2.38. The van der Waals surface area contributed by atoms with Gasteiger partial charge in [-0.25, -0.2) is 0 Å². The summed E-state index contributed by atoms with van der Waals surface area (Å²) in [5.41, 5.74) is 0. The maximum absolute atomic E-state index is 13.5. The molecule has 3 atom stereocenters. The van der Waals surface area contributed by atoms with Gasteiger partial charge in [-0.05, 0) is 122 Å². The van der Waals surface area contributed by atoms with Crippen molar-refractivity contribution in [1.82, 2.24) is 5.32 Å². The number of hydrogen-bond acceptors (Lipinski definition) is 7. The van der Waals surface area contributed by atoms with Crippen molar-refractivity contribution in [1.29, 1.82) is 0 Å². The van der Waals surface area contributed by atoms with Crippen molar-refractivity contribution in [3.63, 3.8) is 0 Å². The highest BCUT2D eigenvalue weighted by atomic mass is 31.2. The van der Waals surface area contributed by atoms with Crippen LogP contribution in [0, 0.1) is 0 Å². The number of quaternary nitrogens is 1. The van der Waals surface area contributed by atoms with E-state index in [0.29, 0.717) is 23.9 Å². The largest absolute Gasteiger partial charge is 0.756 e. The normalized spacial score (nSPS) is 14.4. The lowest BCUT2D eigenvalue weighted by Gasteiger charge is -2.30. The van der Waals surface area contributed by atoms with Crippen molar-refractivity contribution in [2.24, 2.45) is 0 Å². The second-order valence-electron chi connectivity index (χ2n) is 22.6. The third kappa shape index (κ3) is 59.1. The van der Waals surface area contributed by atoms with Crippen molar-refractivity contribution in [3.8, 4) is 0 Å². The predicted molar refractivity (Wildman–Crippen MR) is 339 cm³/mol. The molecule has 0 bridgehead atoms. The summed E-state index contributed by atoms with van der Waals surface area (Å²) in [6.07, 6.45) is 79.1. The zero-order valence-corrected chi connectivity index (χ0v) is 52.7. The third-order valence-electron chi connectivity index (χ3n) is 13.7. The molecule has 0 aliphatic carbocycles. The summed E-state index contributed by atoms with van der Waals surface area (Å²) in [5.74, 6) is -0.602. The van der Waals surface area contributed by atoms with E-state index in [-0.39, 0.29) is 31.3 Å². The SMILES string of the molecule is CCCCC/C=C\C/C=C\C/C=C\C/C=C\CCCCCCCC(=O)OC(/C=C/CCCCCCCCCCCCC)C(COP(=O)([O-])OCC[N+](C)(C)C)NC(=O)CCCCC/C=C\C/C=C\C/C=C\C/C=C\CCCCC. The molecule has 454 valence electrons. The van der Waals surface area contributed by atoms with Crippen molar-refractivity contribution in [2.45, 2.75) is 277 Å². The lowest BCUT2D eigenvalue weighted by molar-refractivity contribution is -0.870. The number of hydrogen-bond donors (Lipinski definition) is 1. The molecule has 0 radical (unpaired) electrons. The summed E-state index contributed by atoms with van der Waals surface area (Å²) in [4.78, 5) is 40.1. The van der Waals surface area contributed by atoms with Gasteiger partial charge in [0.2, 0.25) is 5.91 Å². The molecule has 0 aliphatic heterocycles. The average molecular weight is 1120 g/mol. The fourth-order valence-electron chi connectivity index (χ4n) is 8.66. The van der Waals surface area contributed by atoms with E-state index in [4.69, 9.17) is 13.8 Å². The number of carbonyl (C=O) groups excluding carboxylic acids is 2. The first-order valence-electron chi connectivity index (χ1n) is 32.2. The van der Waals surface area contributed by atoms with Crippen LogP contribution in [0.5, 0.6) is 0 Å². The van der Waals surface area contributed by atoms with Crippen LogP contribution in [0.15, 0.2) is 109 Å². The van der Waals surface area contributed by atoms with Gasteiger partial charge in [-0.3, -0.25) is 14.2 Å². The first kappa shape index (κ1) is 75.7. The quantitative estimate of drug-likeness (QED) is 0.0212. The van der Waals surface area contributed by atoms with Crippen LogP contribution >= 0.6 is 7.82 Å². The molecule has 79 heavy (non-hydrogen) atoms. The van der Waals surface area contributed by atoms with E-state index in [1.807, 2.05) is 33.3 Å². The van der Waals surface area contributed by atoms with E-state index in [2.05, 4.69) is 123 Å². The molecule has 1 amide bonds. The minimum atomic E-state index is -4.72. The minimum Gasteiger partial charge on any atom is -0.756 e. The van der Waals surface area contributed by atoms with Crippen LogP contribution < -0.4 is 10.2 Å². The smallest absolute Gasteiger partial charge is 0.306 e. The van der Waals surface area contributed by atoms with Crippen LogP contribution in [0.4, 0.5) is 0 Å². The molecular weight excluding hydrogens is 1000 g/mol. The molecule has 1 N–H and O–H groups in total. The van der Waals surface area contributed by atoms with E-state index in [1.165, 1.54) is 109 Å². The van der Waals surface area contributed by atoms with Crippen molar-refractivity contribution in [3.05, 3.63) is 109 Å². The molecule has 0 saturated heterocycles. The molecule has 0 aromatic heterocycles. The summed E-state index contributed by atoms with van der Waals surface area (Å²) in [6.45, 7) is 6.74. The van der Waals surface area contributed by atoms with Gasteiger partial charge in [0.25, 0.3) is 7.82 Å². The number of phosphoric acid groups is 1. The highest BCUT2D eigenvalue weighted by molar-refractivity contribution is 7.45. The van der Waals surface area contributed by atoms with Crippen LogP contribution in [-0.4, -0.2) is 69.4 Å². The molecule has 10 heteroatoms. The fourth-order valence-corrected chi connectivity index (χ4v) is 9.39. The Labute approximate surface area is 487 Å². The van der Waals surface area contributed by atoms with E-state index in [9.17, 15) is 19.0 Å². The Morgan fingerprint density at radius 1 is 0.443 bits per heavy atom. The Kier molecular flexibility index (Phi) is 55.4. The summed E-state index contributed by atoms with van der Waals surface area (Å²) in [7, 11) is 1.14. The second kappa shape index (κ2) is 57.9.